The SMILES string of the molecule is O=C(C1CCCN(CCn2nccn2)C1)N1CCc2ccccc2C1. The smallest absolute Gasteiger partial charge is 0.227 e. The monoisotopic (exact) mass is 339 g/mol. The van der Waals surface area contributed by atoms with Gasteiger partial charge in [-0.25, -0.2) is 0 Å². The van der Waals surface area contributed by atoms with E-state index in [1.165, 1.54) is 11.1 Å². The van der Waals surface area contributed by atoms with Gasteiger partial charge in [0.1, 0.15) is 0 Å². The highest BCUT2D eigenvalue weighted by Crippen LogP contribution is 2.24. The number of nitrogens with zero attached hydrogens (tertiary/aromatic N) is 5. The summed E-state index contributed by atoms with van der Waals surface area (Å²) in [5.74, 6) is 0.459. The van der Waals surface area contributed by atoms with Gasteiger partial charge >= 0.3 is 0 Å². The fourth-order valence-electron chi connectivity index (χ4n) is 3.99. The first-order valence-corrected chi connectivity index (χ1v) is 9.21. The molecule has 4 rings (SSSR count). The largest absolute Gasteiger partial charge is 0.338 e. The zero-order valence-electron chi connectivity index (χ0n) is 14.5. The number of piperidine rings is 1. The quantitative estimate of drug-likeness (QED) is 0.849. The van der Waals surface area contributed by atoms with Gasteiger partial charge in [0, 0.05) is 26.2 Å². The maximum Gasteiger partial charge on any atom is 0.227 e. The van der Waals surface area contributed by atoms with Crippen molar-refractivity contribution in [3.63, 3.8) is 0 Å². The second-order valence-corrected chi connectivity index (χ2v) is 7.04. The Labute approximate surface area is 148 Å². The Morgan fingerprint density at radius 3 is 2.72 bits per heavy atom. The lowest BCUT2D eigenvalue weighted by molar-refractivity contribution is -0.138. The molecule has 3 heterocycles. The van der Waals surface area contributed by atoms with Crippen molar-refractivity contribution in [2.24, 2.45) is 5.92 Å². The summed E-state index contributed by atoms with van der Waals surface area (Å²) in [6.45, 7) is 5.23. The molecular weight excluding hydrogens is 314 g/mol. The Bertz CT molecular complexity index is 714. The highest BCUT2D eigenvalue weighted by atomic mass is 16.2. The topological polar surface area (TPSA) is 54.3 Å². The van der Waals surface area contributed by atoms with E-state index in [1.54, 1.807) is 17.2 Å². The predicted octanol–water partition coefficient (Wildman–Crippen LogP) is 1.57. The van der Waals surface area contributed by atoms with E-state index in [0.29, 0.717) is 5.91 Å². The normalized spacial score (nSPS) is 21.1. The maximum atomic E-state index is 13.0. The van der Waals surface area contributed by atoms with E-state index in [4.69, 9.17) is 0 Å². The van der Waals surface area contributed by atoms with Crippen LogP contribution in [-0.4, -0.2) is 56.9 Å². The minimum atomic E-state index is 0.129. The summed E-state index contributed by atoms with van der Waals surface area (Å²) >= 11 is 0. The van der Waals surface area contributed by atoms with Crippen molar-refractivity contribution in [2.45, 2.75) is 32.4 Å². The van der Waals surface area contributed by atoms with Gasteiger partial charge < -0.3 is 9.80 Å². The van der Waals surface area contributed by atoms with Gasteiger partial charge in [-0.3, -0.25) is 4.79 Å². The first kappa shape index (κ1) is 16.3. The third-order valence-corrected chi connectivity index (χ3v) is 5.38. The minimum absolute atomic E-state index is 0.129. The summed E-state index contributed by atoms with van der Waals surface area (Å²) < 4.78 is 0. The lowest BCUT2D eigenvalue weighted by Gasteiger charge is -2.36. The van der Waals surface area contributed by atoms with E-state index in [-0.39, 0.29) is 5.92 Å². The van der Waals surface area contributed by atoms with Gasteiger partial charge in [-0.15, -0.1) is 0 Å². The highest BCUT2D eigenvalue weighted by Gasteiger charge is 2.30. The molecule has 0 N–H and O–H groups in total. The number of hydrogen-bond acceptors (Lipinski definition) is 4. The zero-order chi connectivity index (χ0) is 17.1. The van der Waals surface area contributed by atoms with Gasteiger partial charge in [0.25, 0.3) is 0 Å². The Kier molecular flexibility index (Phi) is 4.78. The lowest BCUT2D eigenvalue weighted by Crippen LogP contribution is -2.46. The lowest BCUT2D eigenvalue weighted by atomic mass is 9.94. The van der Waals surface area contributed by atoms with Crippen molar-refractivity contribution in [1.29, 1.82) is 0 Å². The minimum Gasteiger partial charge on any atom is -0.338 e. The molecule has 2 aliphatic heterocycles. The molecule has 1 aromatic heterocycles. The number of fused-ring (bicyclic) bond motifs is 1. The number of hydrogen-bond donors (Lipinski definition) is 0. The third kappa shape index (κ3) is 3.74. The van der Waals surface area contributed by atoms with Gasteiger partial charge in [-0.1, -0.05) is 24.3 Å². The number of likely N-dealkylation sites (tertiary alicyclic amines) is 1. The van der Waals surface area contributed by atoms with Crippen LogP contribution in [0.1, 0.15) is 24.0 Å². The molecule has 0 radical (unpaired) electrons. The van der Waals surface area contributed by atoms with Crippen LogP contribution in [-0.2, 0) is 24.3 Å². The second kappa shape index (κ2) is 7.35. The van der Waals surface area contributed by atoms with Crippen LogP contribution >= 0.6 is 0 Å². The van der Waals surface area contributed by atoms with E-state index < -0.39 is 0 Å². The standard InChI is InChI=1S/C19H25N5O/c25-19(23-11-7-16-4-1-2-5-17(16)15-23)18-6-3-10-22(14-18)12-13-24-20-8-9-21-24/h1-2,4-5,8-9,18H,3,6-7,10-15H2. The maximum absolute atomic E-state index is 13.0. The van der Waals surface area contributed by atoms with Crippen LogP contribution in [0, 0.1) is 5.92 Å². The van der Waals surface area contributed by atoms with Gasteiger partial charge in [0.05, 0.1) is 24.9 Å². The van der Waals surface area contributed by atoms with E-state index in [1.807, 2.05) is 0 Å². The molecule has 1 aromatic carbocycles. The van der Waals surface area contributed by atoms with Gasteiger partial charge in [0.2, 0.25) is 5.91 Å². The van der Waals surface area contributed by atoms with Crippen LogP contribution in [0.3, 0.4) is 0 Å². The van der Waals surface area contributed by atoms with Crippen LogP contribution in [0.15, 0.2) is 36.7 Å². The molecule has 1 saturated heterocycles. The molecule has 6 nitrogen and oxygen atoms in total. The summed E-state index contributed by atoms with van der Waals surface area (Å²) in [5, 5.41) is 8.31. The molecule has 1 unspecified atom stereocenters. The van der Waals surface area contributed by atoms with Gasteiger partial charge in [0.15, 0.2) is 0 Å². The first-order valence-electron chi connectivity index (χ1n) is 9.21. The molecule has 25 heavy (non-hydrogen) atoms. The predicted molar refractivity (Wildman–Crippen MR) is 94.7 cm³/mol. The molecule has 0 bridgehead atoms. The van der Waals surface area contributed by atoms with Gasteiger partial charge in [-0.2, -0.15) is 15.0 Å². The van der Waals surface area contributed by atoms with Gasteiger partial charge in [-0.05, 0) is 36.9 Å². The average Bonchev–Trinajstić information content (AvgIpc) is 3.19. The summed E-state index contributed by atoms with van der Waals surface area (Å²) in [4.78, 5) is 19.2. The summed E-state index contributed by atoms with van der Waals surface area (Å²) in [6, 6.07) is 8.49. The number of amides is 1. The van der Waals surface area contributed by atoms with Crippen LogP contribution < -0.4 is 0 Å². The highest BCUT2D eigenvalue weighted by molar-refractivity contribution is 5.79. The molecule has 1 fully saturated rings. The Hall–Kier alpha value is -2.21. The summed E-state index contributed by atoms with van der Waals surface area (Å²) in [6.07, 6.45) is 6.48. The van der Waals surface area contributed by atoms with Crippen molar-refractivity contribution in [1.82, 2.24) is 24.8 Å². The number of aromatic nitrogens is 3. The molecule has 0 aliphatic carbocycles. The average molecular weight is 339 g/mol. The molecule has 2 aliphatic rings. The second-order valence-electron chi connectivity index (χ2n) is 7.04. The van der Waals surface area contributed by atoms with E-state index in [2.05, 4.69) is 44.3 Å². The Morgan fingerprint density at radius 1 is 1.08 bits per heavy atom. The van der Waals surface area contributed by atoms with Crippen LogP contribution in [0.2, 0.25) is 0 Å². The molecule has 0 spiro atoms. The zero-order valence-corrected chi connectivity index (χ0v) is 14.5. The Balaban J connectivity index is 1.34. The van der Waals surface area contributed by atoms with E-state index >= 15 is 0 Å². The fourth-order valence-corrected chi connectivity index (χ4v) is 3.99. The molecule has 6 heteroatoms. The van der Waals surface area contributed by atoms with Crippen molar-refractivity contribution in [2.75, 3.05) is 26.2 Å². The molecule has 132 valence electrons. The molecule has 0 saturated carbocycles. The number of rotatable bonds is 4. The molecular formula is C19H25N5O. The van der Waals surface area contributed by atoms with E-state index in [9.17, 15) is 4.79 Å². The third-order valence-electron chi connectivity index (χ3n) is 5.38. The van der Waals surface area contributed by atoms with Crippen molar-refractivity contribution < 1.29 is 4.79 Å². The number of carbonyl (C=O) groups is 1. The molecule has 1 atom stereocenters. The Morgan fingerprint density at radius 2 is 1.88 bits per heavy atom. The molecule has 2 aromatic rings. The van der Waals surface area contributed by atoms with Crippen molar-refractivity contribution in [3.05, 3.63) is 47.8 Å². The number of carbonyl (C=O) groups excluding carboxylic acids is 1. The van der Waals surface area contributed by atoms with Crippen LogP contribution in [0.5, 0.6) is 0 Å². The fraction of sp³-hybridized carbons (Fsp3) is 0.526. The van der Waals surface area contributed by atoms with Crippen LogP contribution in [0.4, 0.5) is 0 Å². The summed E-state index contributed by atoms with van der Waals surface area (Å²) in [7, 11) is 0. The van der Waals surface area contributed by atoms with Crippen LogP contribution in [0.25, 0.3) is 0 Å². The summed E-state index contributed by atoms with van der Waals surface area (Å²) in [5.41, 5.74) is 2.70. The number of benzene rings is 1. The van der Waals surface area contributed by atoms with Crippen molar-refractivity contribution in [3.8, 4) is 0 Å². The first-order chi connectivity index (χ1) is 12.3. The van der Waals surface area contributed by atoms with Crippen molar-refractivity contribution >= 4 is 5.91 Å². The molecule has 1 amide bonds. The van der Waals surface area contributed by atoms with E-state index in [0.717, 1.165) is 58.5 Å².